The molecule has 1 heterocycles. The zero-order valence-electron chi connectivity index (χ0n) is 14.6. The first-order chi connectivity index (χ1) is 12.8. The third-order valence-electron chi connectivity index (χ3n) is 4.04. The van der Waals surface area contributed by atoms with Gasteiger partial charge in [0.15, 0.2) is 5.13 Å². The van der Waals surface area contributed by atoms with Crippen LogP contribution in [-0.4, -0.2) is 24.6 Å². The van der Waals surface area contributed by atoms with Gasteiger partial charge in [0.05, 0.1) is 16.7 Å². The van der Waals surface area contributed by atoms with Crippen LogP contribution in [0.15, 0.2) is 58.8 Å². The summed E-state index contributed by atoms with van der Waals surface area (Å²) in [5.74, 6) is 0. The first-order valence-electron chi connectivity index (χ1n) is 8.29. The zero-order valence-corrected chi connectivity index (χ0v) is 17.0. The lowest BCUT2D eigenvalue weighted by molar-refractivity contribution is 0.174. The number of benzene rings is 2. The van der Waals surface area contributed by atoms with Crippen molar-refractivity contribution in [3.63, 3.8) is 0 Å². The van der Waals surface area contributed by atoms with Crippen molar-refractivity contribution in [3.8, 4) is 0 Å². The molecule has 8 heteroatoms. The van der Waals surface area contributed by atoms with Crippen molar-refractivity contribution in [2.45, 2.75) is 30.8 Å². The van der Waals surface area contributed by atoms with Gasteiger partial charge in [-0.25, -0.2) is 13.4 Å². The Morgan fingerprint density at radius 2 is 1.89 bits per heavy atom. The monoisotopic (exact) mass is 422 g/mol. The number of aromatic nitrogens is 1. The van der Waals surface area contributed by atoms with Gasteiger partial charge in [-0.05, 0) is 36.6 Å². The number of nitrogens with one attached hydrogen (secondary N) is 1. The van der Waals surface area contributed by atoms with E-state index in [9.17, 15) is 13.5 Å². The van der Waals surface area contributed by atoms with Crippen LogP contribution in [0.4, 0.5) is 5.13 Å². The largest absolute Gasteiger partial charge is 0.392 e. The van der Waals surface area contributed by atoms with Gasteiger partial charge in [-0.2, -0.15) is 0 Å². The summed E-state index contributed by atoms with van der Waals surface area (Å²) in [4.78, 5) is 4.41. The molecule has 1 atom stereocenters. The molecule has 2 aromatic carbocycles. The lowest BCUT2D eigenvalue weighted by atomic mass is 10.1. The third-order valence-corrected chi connectivity index (χ3v) is 6.87. The highest BCUT2D eigenvalue weighted by Crippen LogP contribution is 2.26. The number of sulfonamides is 1. The second kappa shape index (κ2) is 8.39. The molecule has 1 aromatic heterocycles. The molecule has 2 N–H and O–H groups in total. The molecule has 3 rings (SSSR count). The Morgan fingerprint density at radius 1 is 1.15 bits per heavy atom. The van der Waals surface area contributed by atoms with Crippen molar-refractivity contribution >= 4 is 38.1 Å². The average Bonchev–Trinajstić information content (AvgIpc) is 3.04. The van der Waals surface area contributed by atoms with Gasteiger partial charge in [-0.1, -0.05) is 48.0 Å². The summed E-state index contributed by atoms with van der Waals surface area (Å²) >= 11 is 7.20. The maximum Gasteiger partial charge on any atom is 0.263 e. The highest BCUT2D eigenvalue weighted by atomic mass is 35.5. The molecule has 0 amide bonds. The van der Waals surface area contributed by atoms with E-state index in [0.29, 0.717) is 29.1 Å². The van der Waals surface area contributed by atoms with Crippen LogP contribution in [0.5, 0.6) is 0 Å². The Kier molecular flexibility index (Phi) is 6.16. The normalized spacial score (nSPS) is 12.7. The van der Waals surface area contributed by atoms with Crippen molar-refractivity contribution in [1.82, 2.24) is 4.98 Å². The van der Waals surface area contributed by atoms with Crippen LogP contribution in [0.25, 0.3) is 0 Å². The lowest BCUT2D eigenvalue weighted by Crippen LogP contribution is -2.15. The molecule has 5 nitrogen and oxygen atoms in total. The summed E-state index contributed by atoms with van der Waals surface area (Å²) in [6.45, 7) is 1.66. The molecule has 0 bridgehead atoms. The minimum Gasteiger partial charge on any atom is -0.392 e. The molecule has 142 valence electrons. The molecular weight excluding hydrogens is 404 g/mol. The fourth-order valence-electron chi connectivity index (χ4n) is 2.70. The van der Waals surface area contributed by atoms with Crippen LogP contribution in [0, 0.1) is 6.92 Å². The summed E-state index contributed by atoms with van der Waals surface area (Å²) in [6.07, 6.45) is 0.277. The molecule has 0 saturated heterocycles. The molecule has 0 saturated carbocycles. The fraction of sp³-hybridized carbons (Fsp3) is 0.211. The number of hydrogen-bond acceptors (Lipinski definition) is 5. The number of halogens is 1. The van der Waals surface area contributed by atoms with E-state index in [-0.39, 0.29) is 10.0 Å². The molecular formula is C19H19ClN2O3S2. The smallest absolute Gasteiger partial charge is 0.263 e. The van der Waals surface area contributed by atoms with Gasteiger partial charge >= 0.3 is 0 Å². The molecule has 27 heavy (non-hydrogen) atoms. The minimum atomic E-state index is -3.78. The molecule has 0 unspecified atom stereocenters. The first kappa shape index (κ1) is 19.8. The van der Waals surface area contributed by atoms with Gasteiger partial charge in [-0.3, -0.25) is 4.72 Å². The van der Waals surface area contributed by atoms with Gasteiger partial charge in [0.1, 0.15) is 0 Å². The highest BCUT2D eigenvalue weighted by Gasteiger charge is 2.20. The van der Waals surface area contributed by atoms with Crippen molar-refractivity contribution < 1.29 is 13.5 Å². The average molecular weight is 423 g/mol. The number of thiazole rings is 1. The van der Waals surface area contributed by atoms with Crippen molar-refractivity contribution in [1.29, 1.82) is 0 Å². The molecule has 0 spiro atoms. The highest BCUT2D eigenvalue weighted by molar-refractivity contribution is 7.93. The predicted octanol–water partition coefficient (Wildman–Crippen LogP) is 4.05. The standard InChI is InChI=1S/C19H19ClN2O3S2/c1-13-17(20)8-5-9-18(13)27(24,25)22-19-21-15(12-26-19)11-16(23)10-14-6-3-2-4-7-14/h2-9,12,16,23H,10-11H2,1H3,(H,21,22)/t16-/m0/s1. The molecule has 0 aliphatic carbocycles. The Bertz CT molecular complexity index is 1020. The van der Waals surface area contributed by atoms with Crippen LogP contribution >= 0.6 is 22.9 Å². The molecule has 0 aliphatic rings. The third kappa shape index (κ3) is 5.07. The van der Waals surface area contributed by atoms with Crippen molar-refractivity contribution in [2.75, 3.05) is 4.72 Å². The number of hydrogen-bond donors (Lipinski definition) is 2. The van der Waals surface area contributed by atoms with E-state index in [1.165, 1.54) is 17.4 Å². The Hall–Kier alpha value is -1.93. The van der Waals surface area contributed by atoms with Gasteiger partial charge in [0.25, 0.3) is 10.0 Å². The number of aliphatic hydroxyl groups excluding tert-OH is 1. The van der Waals surface area contributed by atoms with E-state index >= 15 is 0 Å². The predicted molar refractivity (Wildman–Crippen MR) is 109 cm³/mol. The van der Waals surface area contributed by atoms with E-state index in [4.69, 9.17) is 11.6 Å². The van der Waals surface area contributed by atoms with Crippen molar-refractivity contribution in [2.24, 2.45) is 0 Å². The first-order valence-corrected chi connectivity index (χ1v) is 11.0. The second-order valence-electron chi connectivity index (χ2n) is 6.16. The Balaban J connectivity index is 1.68. The number of aliphatic hydroxyl groups is 1. The number of nitrogens with zero attached hydrogens (tertiary/aromatic N) is 1. The molecule has 0 aliphatic heterocycles. The Morgan fingerprint density at radius 3 is 2.63 bits per heavy atom. The van der Waals surface area contributed by atoms with E-state index in [0.717, 1.165) is 5.56 Å². The Labute approximate surface area is 167 Å². The SMILES string of the molecule is Cc1c(Cl)cccc1S(=O)(=O)Nc1nc(C[C@@H](O)Cc2ccccc2)cs1. The summed E-state index contributed by atoms with van der Waals surface area (Å²) in [5.41, 5.74) is 2.17. The summed E-state index contributed by atoms with van der Waals surface area (Å²) in [5, 5.41) is 12.7. The van der Waals surface area contributed by atoms with Crippen LogP contribution in [-0.2, 0) is 22.9 Å². The maximum atomic E-state index is 12.6. The molecule has 0 fully saturated rings. The lowest BCUT2D eigenvalue weighted by Gasteiger charge is -2.10. The van der Waals surface area contributed by atoms with E-state index in [1.807, 2.05) is 30.3 Å². The van der Waals surface area contributed by atoms with E-state index in [1.54, 1.807) is 24.4 Å². The summed E-state index contributed by atoms with van der Waals surface area (Å²) in [7, 11) is -3.78. The van der Waals surface area contributed by atoms with Crippen LogP contribution in [0.2, 0.25) is 5.02 Å². The molecule has 0 radical (unpaired) electrons. The van der Waals surface area contributed by atoms with Gasteiger partial charge < -0.3 is 5.11 Å². The topological polar surface area (TPSA) is 79.3 Å². The van der Waals surface area contributed by atoms with E-state index < -0.39 is 16.1 Å². The van der Waals surface area contributed by atoms with Crippen LogP contribution in [0.3, 0.4) is 0 Å². The van der Waals surface area contributed by atoms with E-state index in [2.05, 4.69) is 9.71 Å². The van der Waals surface area contributed by atoms with Gasteiger partial charge in [0, 0.05) is 16.8 Å². The fourth-order valence-corrected chi connectivity index (χ4v) is 5.17. The molecule has 3 aromatic rings. The maximum absolute atomic E-state index is 12.6. The van der Waals surface area contributed by atoms with Gasteiger partial charge in [-0.15, -0.1) is 11.3 Å². The second-order valence-corrected chi connectivity index (χ2v) is 9.08. The quantitative estimate of drug-likeness (QED) is 0.602. The van der Waals surface area contributed by atoms with Crippen molar-refractivity contribution in [3.05, 3.63) is 75.8 Å². The van der Waals surface area contributed by atoms with Crippen LogP contribution < -0.4 is 4.72 Å². The summed E-state index contributed by atoms with van der Waals surface area (Å²) in [6, 6.07) is 14.4. The van der Waals surface area contributed by atoms with Crippen LogP contribution in [0.1, 0.15) is 16.8 Å². The number of anilines is 1. The minimum absolute atomic E-state index is 0.121. The number of rotatable bonds is 7. The van der Waals surface area contributed by atoms with Gasteiger partial charge in [0.2, 0.25) is 0 Å². The summed E-state index contributed by atoms with van der Waals surface area (Å²) < 4.78 is 27.7. The zero-order chi connectivity index (χ0) is 19.4.